The van der Waals surface area contributed by atoms with Gasteiger partial charge in [-0.1, -0.05) is 6.92 Å². The lowest BCUT2D eigenvalue weighted by molar-refractivity contribution is -0.139. The van der Waals surface area contributed by atoms with Crippen molar-refractivity contribution in [1.82, 2.24) is 0 Å². The average molecular weight is 368 g/mol. The lowest BCUT2D eigenvalue weighted by atomic mass is 10.2. The number of unbranched alkanes of at least 4 members (excludes halogenated alkanes) is 2. The highest BCUT2D eigenvalue weighted by atomic mass is 16.5. The summed E-state index contributed by atoms with van der Waals surface area (Å²) in [7, 11) is 0. The molecule has 148 valence electrons. The monoisotopic (exact) mass is 368 g/mol. The molecule has 0 saturated heterocycles. The van der Waals surface area contributed by atoms with Gasteiger partial charge in [0.05, 0.1) is 0 Å². The van der Waals surface area contributed by atoms with Crippen molar-refractivity contribution in [3.8, 4) is 0 Å². The Kier molecular flexibility index (Phi) is 21.9. The van der Waals surface area contributed by atoms with Crippen molar-refractivity contribution < 1.29 is 49.8 Å². The Morgan fingerprint density at radius 1 is 0.600 bits per heavy atom. The number of aliphatic hydroxyl groups excluding tert-OH is 1. The molecule has 0 bridgehead atoms. The van der Waals surface area contributed by atoms with Crippen LogP contribution in [0, 0.1) is 0 Å². The molecule has 0 rings (SSSR count). The molecular weight excluding hydrogens is 340 g/mol. The Morgan fingerprint density at radius 3 is 0.840 bits per heavy atom. The van der Waals surface area contributed by atoms with Crippen LogP contribution in [0.25, 0.3) is 0 Å². The summed E-state index contributed by atoms with van der Waals surface area (Å²) in [6, 6.07) is 0. The first-order valence-corrected chi connectivity index (χ1v) is 7.76. The van der Waals surface area contributed by atoms with Gasteiger partial charge in [0.25, 0.3) is 0 Å². The maximum Gasteiger partial charge on any atom is 0.303 e. The van der Waals surface area contributed by atoms with Crippen LogP contribution in [0.3, 0.4) is 0 Å². The van der Waals surface area contributed by atoms with Gasteiger partial charge in [-0.3, -0.25) is 19.2 Å². The van der Waals surface area contributed by atoms with Crippen LogP contribution < -0.4 is 0 Å². The van der Waals surface area contributed by atoms with E-state index in [-0.39, 0.29) is 25.7 Å². The summed E-state index contributed by atoms with van der Waals surface area (Å²) < 4.78 is 0. The number of hydrogen-bond donors (Lipinski definition) is 6. The molecular formula is C15H28O10. The molecule has 0 radical (unpaired) electrons. The standard InChI is InChI=1S/2C6H10O4.C3H8O2/c2*7-5(8)3-1-2-4-6(9)10;1-2-3(4)5/h2*1-4H2,(H,7,8)(H,9,10);3-5H,2H2,1H3. The average Bonchev–Trinajstić information content (AvgIpc) is 2.48. The molecule has 0 atom stereocenters. The fourth-order valence-corrected chi connectivity index (χ4v) is 1.10. The van der Waals surface area contributed by atoms with E-state index in [9.17, 15) is 19.2 Å². The van der Waals surface area contributed by atoms with E-state index in [0.717, 1.165) is 0 Å². The van der Waals surface area contributed by atoms with Crippen LogP contribution in [0.15, 0.2) is 0 Å². The van der Waals surface area contributed by atoms with E-state index in [1.54, 1.807) is 6.92 Å². The van der Waals surface area contributed by atoms with E-state index in [1.165, 1.54) is 0 Å². The van der Waals surface area contributed by atoms with E-state index < -0.39 is 30.2 Å². The van der Waals surface area contributed by atoms with E-state index in [1.807, 2.05) is 0 Å². The van der Waals surface area contributed by atoms with Gasteiger partial charge in [-0.2, -0.15) is 0 Å². The lowest BCUT2D eigenvalue weighted by Crippen LogP contribution is -1.99. The molecule has 0 aliphatic carbocycles. The summed E-state index contributed by atoms with van der Waals surface area (Å²) in [6.45, 7) is 1.70. The van der Waals surface area contributed by atoms with E-state index in [4.69, 9.17) is 30.6 Å². The summed E-state index contributed by atoms with van der Waals surface area (Å²) in [5, 5.41) is 48.4. The third-order valence-electron chi connectivity index (χ3n) is 2.43. The molecule has 0 aliphatic heterocycles. The highest BCUT2D eigenvalue weighted by molar-refractivity contribution is 5.68. The van der Waals surface area contributed by atoms with Crippen LogP contribution in [0.5, 0.6) is 0 Å². The molecule has 0 heterocycles. The highest BCUT2D eigenvalue weighted by Crippen LogP contribution is 1.99. The van der Waals surface area contributed by atoms with Gasteiger partial charge in [-0.05, 0) is 32.1 Å². The van der Waals surface area contributed by atoms with Crippen molar-refractivity contribution in [1.29, 1.82) is 0 Å². The summed E-state index contributed by atoms with van der Waals surface area (Å²) in [6.07, 6.45) is 1.34. The van der Waals surface area contributed by atoms with Gasteiger partial charge >= 0.3 is 23.9 Å². The number of aliphatic carboxylic acids is 4. The van der Waals surface area contributed by atoms with E-state index >= 15 is 0 Å². The van der Waals surface area contributed by atoms with Crippen molar-refractivity contribution in [2.45, 2.75) is 71.0 Å². The van der Waals surface area contributed by atoms with E-state index in [0.29, 0.717) is 32.1 Å². The molecule has 0 amide bonds. The van der Waals surface area contributed by atoms with Crippen LogP contribution in [-0.4, -0.2) is 60.8 Å². The minimum Gasteiger partial charge on any atom is -0.481 e. The normalized spacial score (nSPS) is 9.28. The van der Waals surface area contributed by atoms with Crippen molar-refractivity contribution in [3.63, 3.8) is 0 Å². The number of rotatable bonds is 11. The first-order valence-electron chi connectivity index (χ1n) is 7.76. The topological polar surface area (TPSA) is 190 Å². The Morgan fingerprint density at radius 2 is 0.760 bits per heavy atom. The van der Waals surface area contributed by atoms with Crippen LogP contribution in [0.4, 0.5) is 0 Å². The summed E-state index contributed by atoms with van der Waals surface area (Å²) in [5.41, 5.74) is 0. The van der Waals surface area contributed by atoms with Gasteiger partial charge in [0.2, 0.25) is 0 Å². The van der Waals surface area contributed by atoms with Gasteiger partial charge in [0, 0.05) is 25.7 Å². The lowest BCUT2D eigenvalue weighted by Gasteiger charge is -1.92. The molecule has 25 heavy (non-hydrogen) atoms. The zero-order valence-electron chi connectivity index (χ0n) is 14.3. The summed E-state index contributed by atoms with van der Waals surface area (Å²) in [4.78, 5) is 39.6. The zero-order chi connectivity index (χ0) is 20.3. The van der Waals surface area contributed by atoms with Crippen molar-refractivity contribution in [2.75, 3.05) is 0 Å². The highest BCUT2D eigenvalue weighted by Gasteiger charge is 1.99. The molecule has 0 saturated carbocycles. The summed E-state index contributed by atoms with van der Waals surface area (Å²) in [5.74, 6) is -3.48. The molecule has 0 aromatic rings. The van der Waals surface area contributed by atoms with Gasteiger partial charge < -0.3 is 30.6 Å². The van der Waals surface area contributed by atoms with E-state index in [2.05, 4.69) is 0 Å². The minimum atomic E-state index is -1.12. The minimum absolute atomic E-state index is 0.0628. The molecule has 10 heteroatoms. The third kappa shape index (κ3) is 44.9. The number of aliphatic hydroxyl groups is 2. The molecule has 0 aliphatic rings. The predicted molar refractivity (Wildman–Crippen MR) is 86.0 cm³/mol. The van der Waals surface area contributed by atoms with Gasteiger partial charge in [0.1, 0.15) is 0 Å². The van der Waals surface area contributed by atoms with Crippen molar-refractivity contribution in [3.05, 3.63) is 0 Å². The fourth-order valence-electron chi connectivity index (χ4n) is 1.10. The smallest absolute Gasteiger partial charge is 0.303 e. The molecule has 0 fully saturated rings. The van der Waals surface area contributed by atoms with Crippen molar-refractivity contribution >= 4 is 23.9 Å². The maximum absolute atomic E-state index is 9.90. The van der Waals surface area contributed by atoms with Gasteiger partial charge in [-0.25, -0.2) is 0 Å². The second kappa shape index (κ2) is 19.8. The second-order valence-corrected chi connectivity index (χ2v) is 4.88. The largest absolute Gasteiger partial charge is 0.481 e. The number of carbonyl (C=O) groups is 4. The Labute approximate surface area is 145 Å². The molecule has 10 nitrogen and oxygen atoms in total. The quantitative estimate of drug-likeness (QED) is 0.228. The van der Waals surface area contributed by atoms with Gasteiger partial charge in [0.15, 0.2) is 6.29 Å². The molecule has 0 aromatic heterocycles. The fraction of sp³-hybridized carbons (Fsp3) is 0.733. The molecule has 0 aromatic carbocycles. The molecule has 0 spiro atoms. The first-order chi connectivity index (χ1) is 11.5. The Bertz CT molecular complexity index is 315. The predicted octanol–water partition coefficient (Wildman–Crippen LogP) is 1.14. The van der Waals surface area contributed by atoms with Crippen LogP contribution in [0.2, 0.25) is 0 Å². The first kappa shape index (κ1) is 27.6. The van der Waals surface area contributed by atoms with Crippen LogP contribution >= 0.6 is 0 Å². The van der Waals surface area contributed by atoms with Gasteiger partial charge in [-0.15, -0.1) is 0 Å². The maximum atomic E-state index is 9.90. The molecule has 6 N–H and O–H groups in total. The van der Waals surface area contributed by atoms with Crippen LogP contribution in [0.1, 0.15) is 64.7 Å². The molecule has 0 unspecified atom stereocenters. The Balaban J connectivity index is -0.000000308. The third-order valence-corrected chi connectivity index (χ3v) is 2.43. The number of hydrogen-bond acceptors (Lipinski definition) is 6. The number of carboxylic acid groups (broad SMARTS) is 4. The number of carboxylic acids is 4. The SMILES string of the molecule is CCC(O)O.O=C(O)CCCCC(=O)O.O=C(O)CCCCC(=O)O. The summed E-state index contributed by atoms with van der Waals surface area (Å²) >= 11 is 0. The zero-order valence-corrected chi connectivity index (χ0v) is 14.3. The van der Waals surface area contributed by atoms with Crippen molar-refractivity contribution in [2.24, 2.45) is 0 Å². The Hall–Kier alpha value is -2.20. The second-order valence-electron chi connectivity index (χ2n) is 4.88. The van der Waals surface area contributed by atoms with Crippen LogP contribution in [-0.2, 0) is 19.2 Å².